The lowest BCUT2D eigenvalue weighted by molar-refractivity contribution is -0.116. The van der Waals surface area contributed by atoms with Crippen LogP contribution in [0.25, 0.3) is 5.65 Å². The standard InChI is InChI=1S/C19H18N4O4/c1-9-4-10(2)23-19(20-9)16-12(7-15(24)21-18(16)22-23)11-5-13(25-3)17-14(6-11)26-8-27-17/h4-6,12H,7-8H2,1-3H3,(H,21,22,24)/t12-/m0/s1. The molecule has 2 aliphatic rings. The first kappa shape index (κ1) is 15.9. The minimum atomic E-state index is -0.205. The van der Waals surface area contributed by atoms with Gasteiger partial charge in [-0.3, -0.25) is 4.79 Å². The molecule has 0 saturated carbocycles. The summed E-state index contributed by atoms with van der Waals surface area (Å²) in [5.74, 6) is 2.06. The third kappa shape index (κ3) is 2.33. The summed E-state index contributed by atoms with van der Waals surface area (Å²) in [6, 6.07) is 5.77. The first-order valence-corrected chi connectivity index (χ1v) is 8.69. The zero-order valence-electron chi connectivity index (χ0n) is 15.2. The predicted octanol–water partition coefficient (Wildman–Crippen LogP) is 2.56. The maximum atomic E-state index is 12.4. The number of hydrogen-bond donors (Lipinski definition) is 1. The van der Waals surface area contributed by atoms with Crippen LogP contribution in [0.15, 0.2) is 18.2 Å². The highest BCUT2D eigenvalue weighted by atomic mass is 16.7. The van der Waals surface area contributed by atoms with E-state index in [0.29, 0.717) is 29.5 Å². The van der Waals surface area contributed by atoms with Crippen LogP contribution in [-0.2, 0) is 4.79 Å². The number of carbonyl (C=O) groups is 1. The zero-order chi connectivity index (χ0) is 18.7. The van der Waals surface area contributed by atoms with Crippen molar-refractivity contribution in [3.8, 4) is 17.2 Å². The Bertz CT molecular complexity index is 1110. The average Bonchev–Trinajstić information content (AvgIpc) is 3.24. The van der Waals surface area contributed by atoms with Gasteiger partial charge in [-0.15, -0.1) is 5.10 Å². The molecule has 3 aromatic rings. The summed E-state index contributed by atoms with van der Waals surface area (Å²) < 4.78 is 18.3. The highest BCUT2D eigenvalue weighted by Gasteiger charge is 2.34. The smallest absolute Gasteiger partial charge is 0.231 e. The van der Waals surface area contributed by atoms with Crippen LogP contribution in [0.5, 0.6) is 17.2 Å². The third-order valence-corrected chi connectivity index (χ3v) is 5.01. The van der Waals surface area contributed by atoms with Crippen LogP contribution < -0.4 is 19.5 Å². The number of ether oxygens (including phenoxy) is 3. The number of aryl methyl sites for hydroxylation is 2. The largest absolute Gasteiger partial charge is 0.493 e. The Morgan fingerprint density at radius 1 is 1.26 bits per heavy atom. The van der Waals surface area contributed by atoms with Crippen molar-refractivity contribution in [2.45, 2.75) is 26.2 Å². The number of nitrogens with zero attached hydrogens (tertiary/aromatic N) is 3. The van der Waals surface area contributed by atoms with Gasteiger partial charge in [0.25, 0.3) is 0 Å². The highest BCUT2D eigenvalue weighted by molar-refractivity contribution is 5.96. The van der Waals surface area contributed by atoms with E-state index in [-0.39, 0.29) is 18.6 Å². The van der Waals surface area contributed by atoms with E-state index in [1.54, 1.807) is 11.6 Å². The van der Waals surface area contributed by atoms with Gasteiger partial charge in [0, 0.05) is 29.3 Å². The topological polar surface area (TPSA) is 87.0 Å². The normalized spacial score (nSPS) is 17.7. The summed E-state index contributed by atoms with van der Waals surface area (Å²) in [6.07, 6.45) is 0.297. The molecule has 1 amide bonds. The van der Waals surface area contributed by atoms with Crippen LogP contribution in [0, 0.1) is 13.8 Å². The number of rotatable bonds is 2. The quantitative estimate of drug-likeness (QED) is 0.750. The molecular formula is C19H18N4O4. The zero-order valence-corrected chi connectivity index (χ0v) is 15.2. The van der Waals surface area contributed by atoms with Crippen LogP contribution in [0.2, 0.25) is 0 Å². The van der Waals surface area contributed by atoms with E-state index < -0.39 is 0 Å². The van der Waals surface area contributed by atoms with Gasteiger partial charge in [0.2, 0.25) is 18.4 Å². The second kappa shape index (κ2) is 5.60. The molecule has 0 unspecified atom stereocenters. The highest BCUT2D eigenvalue weighted by Crippen LogP contribution is 2.47. The van der Waals surface area contributed by atoms with E-state index in [0.717, 1.165) is 28.2 Å². The molecule has 8 heteroatoms. The second-order valence-electron chi connectivity index (χ2n) is 6.80. The molecule has 0 aliphatic carbocycles. The van der Waals surface area contributed by atoms with Crippen molar-refractivity contribution >= 4 is 17.4 Å². The lowest BCUT2D eigenvalue weighted by Crippen LogP contribution is -2.23. The first-order valence-electron chi connectivity index (χ1n) is 8.69. The molecule has 0 bridgehead atoms. The van der Waals surface area contributed by atoms with E-state index >= 15 is 0 Å². The number of anilines is 1. The van der Waals surface area contributed by atoms with Crippen molar-refractivity contribution < 1.29 is 19.0 Å². The fourth-order valence-corrected chi connectivity index (χ4v) is 3.86. The maximum Gasteiger partial charge on any atom is 0.231 e. The summed E-state index contributed by atoms with van der Waals surface area (Å²) in [5.41, 5.74) is 4.43. The molecule has 27 heavy (non-hydrogen) atoms. The number of amides is 1. The van der Waals surface area contributed by atoms with Gasteiger partial charge in [-0.1, -0.05) is 0 Å². The molecule has 1 atom stereocenters. The molecule has 0 fully saturated rings. The first-order chi connectivity index (χ1) is 13.0. The van der Waals surface area contributed by atoms with Gasteiger partial charge in [0.1, 0.15) is 0 Å². The third-order valence-electron chi connectivity index (χ3n) is 5.01. The van der Waals surface area contributed by atoms with Gasteiger partial charge < -0.3 is 19.5 Å². The van der Waals surface area contributed by atoms with Crippen molar-refractivity contribution in [3.63, 3.8) is 0 Å². The van der Waals surface area contributed by atoms with Crippen LogP contribution in [0.1, 0.15) is 34.9 Å². The predicted molar refractivity (Wildman–Crippen MR) is 96.7 cm³/mol. The molecule has 2 aromatic heterocycles. The van der Waals surface area contributed by atoms with Crippen LogP contribution in [-0.4, -0.2) is 34.4 Å². The Morgan fingerprint density at radius 2 is 2.11 bits per heavy atom. The number of carbonyl (C=O) groups excluding carboxylic acids is 1. The van der Waals surface area contributed by atoms with E-state index in [4.69, 9.17) is 14.2 Å². The number of hydrogen-bond acceptors (Lipinski definition) is 6. The molecule has 4 heterocycles. The average molecular weight is 366 g/mol. The fraction of sp³-hybridized carbons (Fsp3) is 0.316. The number of nitrogens with one attached hydrogen (secondary N) is 1. The number of benzene rings is 1. The van der Waals surface area contributed by atoms with Crippen LogP contribution in [0.4, 0.5) is 5.82 Å². The van der Waals surface area contributed by atoms with Crippen LogP contribution >= 0.6 is 0 Å². The van der Waals surface area contributed by atoms with E-state index in [2.05, 4.69) is 15.4 Å². The van der Waals surface area contributed by atoms with Gasteiger partial charge in [0.05, 0.1) is 7.11 Å². The second-order valence-corrected chi connectivity index (χ2v) is 6.80. The number of aromatic nitrogens is 3. The summed E-state index contributed by atoms with van der Waals surface area (Å²) in [7, 11) is 1.59. The monoisotopic (exact) mass is 366 g/mol. The Labute approximate surface area is 155 Å². The summed E-state index contributed by atoms with van der Waals surface area (Å²) in [4.78, 5) is 17.0. The minimum Gasteiger partial charge on any atom is -0.493 e. The molecule has 0 saturated heterocycles. The SMILES string of the molecule is COc1cc([C@@H]2CC(=O)Nc3nn4c(C)cc(C)nc4c32)cc2c1OCO2. The molecule has 1 N–H and O–H groups in total. The van der Waals surface area contributed by atoms with Gasteiger partial charge in [-0.05, 0) is 37.6 Å². The van der Waals surface area contributed by atoms with Crippen molar-refractivity contribution in [1.82, 2.24) is 14.6 Å². The van der Waals surface area contributed by atoms with E-state index in [1.807, 2.05) is 32.0 Å². The molecule has 0 spiro atoms. The molecule has 0 radical (unpaired) electrons. The molecule has 8 nitrogen and oxygen atoms in total. The van der Waals surface area contributed by atoms with Crippen molar-refractivity contribution in [3.05, 3.63) is 40.7 Å². The molecular weight excluding hydrogens is 348 g/mol. The number of fused-ring (bicyclic) bond motifs is 4. The molecule has 1 aromatic carbocycles. The maximum absolute atomic E-state index is 12.4. The Balaban J connectivity index is 1.75. The van der Waals surface area contributed by atoms with Gasteiger partial charge >= 0.3 is 0 Å². The molecule has 2 aliphatic heterocycles. The van der Waals surface area contributed by atoms with E-state index in [9.17, 15) is 4.79 Å². The molecule has 5 rings (SSSR count). The lowest BCUT2D eigenvalue weighted by Gasteiger charge is -2.23. The Hall–Kier alpha value is -3.29. The van der Waals surface area contributed by atoms with Gasteiger partial charge in [-0.2, -0.15) is 0 Å². The fourth-order valence-electron chi connectivity index (χ4n) is 3.86. The summed E-state index contributed by atoms with van der Waals surface area (Å²) in [5, 5.41) is 7.45. The van der Waals surface area contributed by atoms with Crippen molar-refractivity contribution in [1.29, 1.82) is 0 Å². The van der Waals surface area contributed by atoms with Gasteiger partial charge in [-0.25, -0.2) is 9.50 Å². The Morgan fingerprint density at radius 3 is 2.93 bits per heavy atom. The van der Waals surface area contributed by atoms with Crippen molar-refractivity contribution in [2.24, 2.45) is 0 Å². The van der Waals surface area contributed by atoms with E-state index in [1.165, 1.54) is 0 Å². The minimum absolute atomic E-state index is 0.0816. The van der Waals surface area contributed by atoms with Crippen molar-refractivity contribution in [2.75, 3.05) is 19.2 Å². The summed E-state index contributed by atoms with van der Waals surface area (Å²) >= 11 is 0. The Kier molecular flexibility index (Phi) is 3.30. The van der Waals surface area contributed by atoms with Gasteiger partial charge in [0.15, 0.2) is 23.0 Å². The summed E-state index contributed by atoms with van der Waals surface area (Å²) in [6.45, 7) is 4.08. The number of methoxy groups -OCH3 is 1. The molecule has 138 valence electrons. The van der Waals surface area contributed by atoms with Crippen LogP contribution in [0.3, 0.4) is 0 Å². The lowest BCUT2D eigenvalue weighted by atomic mass is 9.86.